The van der Waals surface area contributed by atoms with E-state index in [4.69, 9.17) is 4.74 Å². The predicted molar refractivity (Wildman–Crippen MR) is 90.6 cm³/mol. The summed E-state index contributed by atoms with van der Waals surface area (Å²) < 4.78 is 42.6. The van der Waals surface area contributed by atoms with Gasteiger partial charge in [-0.2, -0.15) is 13.2 Å². The second kappa shape index (κ2) is 9.38. The van der Waals surface area contributed by atoms with Crippen molar-refractivity contribution in [1.82, 2.24) is 5.32 Å². The number of hydrogen-bond acceptors (Lipinski definition) is 4. The van der Waals surface area contributed by atoms with Crippen LogP contribution in [0.5, 0.6) is 0 Å². The van der Waals surface area contributed by atoms with Crippen LogP contribution in [0.4, 0.5) is 18.9 Å². The zero-order chi connectivity index (χ0) is 19.9. The third-order valence-corrected chi connectivity index (χ3v) is 4.22. The Morgan fingerprint density at radius 2 is 1.81 bits per heavy atom. The molecule has 0 atom stereocenters. The van der Waals surface area contributed by atoms with Gasteiger partial charge in [0, 0.05) is 11.6 Å². The molecule has 0 aromatic heterocycles. The Kier molecular flexibility index (Phi) is 7.20. The van der Waals surface area contributed by atoms with Crippen molar-refractivity contribution in [2.24, 2.45) is 5.92 Å². The van der Waals surface area contributed by atoms with Crippen molar-refractivity contribution in [3.63, 3.8) is 0 Å². The first-order valence-corrected chi connectivity index (χ1v) is 8.66. The van der Waals surface area contributed by atoms with Gasteiger partial charge in [-0.25, -0.2) is 0 Å². The summed E-state index contributed by atoms with van der Waals surface area (Å²) in [4.78, 5) is 35.2. The summed E-state index contributed by atoms with van der Waals surface area (Å²) in [5.74, 6) is -1.88. The lowest BCUT2D eigenvalue weighted by Crippen LogP contribution is -2.36. The van der Waals surface area contributed by atoms with Gasteiger partial charge in [0.05, 0.1) is 5.56 Å². The Balaban J connectivity index is 1.72. The molecule has 1 aliphatic carbocycles. The summed E-state index contributed by atoms with van der Waals surface area (Å²) in [7, 11) is 0. The molecule has 0 heterocycles. The number of anilines is 1. The molecule has 0 saturated heterocycles. The number of hydrogen-bond donors (Lipinski definition) is 2. The SMILES string of the molecule is O=C(COC(=O)CNC(=O)C1CCCCC1)Nc1cccc(C(F)(F)F)c1. The first kappa shape index (κ1) is 20.7. The first-order chi connectivity index (χ1) is 12.8. The lowest BCUT2D eigenvalue weighted by molar-refractivity contribution is -0.147. The van der Waals surface area contributed by atoms with Crippen LogP contribution in [0.3, 0.4) is 0 Å². The molecule has 2 rings (SSSR count). The molecule has 1 saturated carbocycles. The van der Waals surface area contributed by atoms with Crippen LogP contribution in [0.15, 0.2) is 24.3 Å². The Morgan fingerprint density at radius 1 is 1.11 bits per heavy atom. The van der Waals surface area contributed by atoms with Crippen molar-refractivity contribution in [3.05, 3.63) is 29.8 Å². The van der Waals surface area contributed by atoms with Crippen LogP contribution in [0, 0.1) is 5.92 Å². The topological polar surface area (TPSA) is 84.5 Å². The molecule has 1 aromatic carbocycles. The molecule has 0 spiro atoms. The molecule has 0 bridgehead atoms. The van der Waals surface area contributed by atoms with Gasteiger partial charge in [0.25, 0.3) is 5.91 Å². The van der Waals surface area contributed by atoms with Gasteiger partial charge in [0.1, 0.15) is 6.54 Å². The molecule has 1 fully saturated rings. The normalized spacial score (nSPS) is 15.1. The van der Waals surface area contributed by atoms with Crippen molar-refractivity contribution >= 4 is 23.5 Å². The van der Waals surface area contributed by atoms with E-state index in [0.29, 0.717) is 0 Å². The minimum atomic E-state index is -4.52. The monoisotopic (exact) mass is 386 g/mol. The molecule has 2 N–H and O–H groups in total. The summed E-state index contributed by atoms with van der Waals surface area (Å²) in [6.07, 6.45) is 0.133. The highest BCUT2D eigenvalue weighted by atomic mass is 19.4. The van der Waals surface area contributed by atoms with Gasteiger partial charge in [0.2, 0.25) is 5.91 Å². The fraction of sp³-hybridized carbons (Fsp3) is 0.500. The van der Waals surface area contributed by atoms with Gasteiger partial charge in [-0.05, 0) is 31.0 Å². The number of amides is 2. The largest absolute Gasteiger partial charge is 0.454 e. The highest BCUT2D eigenvalue weighted by Crippen LogP contribution is 2.30. The zero-order valence-electron chi connectivity index (χ0n) is 14.6. The van der Waals surface area contributed by atoms with Gasteiger partial charge in [-0.15, -0.1) is 0 Å². The van der Waals surface area contributed by atoms with Crippen molar-refractivity contribution in [3.8, 4) is 0 Å². The van der Waals surface area contributed by atoms with Crippen molar-refractivity contribution in [2.45, 2.75) is 38.3 Å². The van der Waals surface area contributed by atoms with Crippen LogP contribution in [0.1, 0.15) is 37.7 Å². The van der Waals surface area contributed by atoms with Crippen LogP contribution in [-0.2, 0) is 25.3 Å². The van der Waals surface area contributed by atoms with E-state index in [9.17, 15) is 27.6 Å². The minimum absolute atomic E-state index is 0.0588. The van der Waals surface area contributed by atoms with E-state index in [1.165, 1.54) is 6.07 Å². The lowest BCUT2D eigenvalue weighted by atomic mass is 9.89. The van der Waals surface area contributed by atoms with Crippen LogP contribution < -0.4 is 10.6 Å². The molecule has 6 nitrogen and oxygen atoms in total. The Bertz CT molecular complexity index is 685. The number of ether oxygens (including phenoxy) is 1. The van der Waals surface area contributed by atoms with E-state index in [-0.39, 0.29) is 24.1 Å². The Morgan fingerprint density at radius 3 is 2.48 bits per heavy atom. The van der Waals surface area contributed by atoms with Crippen LogP contribution in [0.2, 0.25) is 0 Å². The fourth-order valence-electron chi connectivity index (χ4n) is 2.84. The molecular weight excluding hydrogens is 365 g/mol. The van der Waals surface area contributed by atoms with Crippen molar-refractivity contribution < 1.29 is 32.3 Å². The molecule has 0 unspecified atom stereocenters. The second-order valence-electron chi connectivity index (χ2n) is 6.34. The molecule has 0 aliphatic heterocycles. The number of rotatable bonds is 6. The molecule has 2 amide bonds. The number of alkyl halides is 3. The standard InChI is InChI=1S/C18H21F3N2O4/c19-18(20,21)13-7-4-8-14(9-13)23-15(24)11-27-16(25)10-22-17(26)12-5-2-1-3-6-12/h4,7-9,12H,1-3,5-6,10-11H2,(H,22,26)(H,23,24). The van der Waals surface area contributed by atoms with Gasteiger partial charge in [-0.3, -0.25) is 14.4 Å². The molecule has 0 radical (unpaired) electrons. The van der Waals surface area contributed by atoms with Crippen molar-refractivity contribution in [2.75, 3.05) is 18.5 Å². The molecular formula is C18H21F3N2O4. The van der Waals surface area contributed by atoms with Crippen LogP contribution in [0.25, 0.3) is 0 Å². The number of halogens is 3. The van der Waals surface area contributed by atoms with E-state index in [1.54, 1.807) is 0 Å². The maximum atomic E-state index is 12.6. The van der Waals surface area contributed by atoms with Crippen molar-refractivity contribution in [1.29, 1.82) is 0 Å². The summed E-state index contributed by atoms with van der Waals surface area (Å²) in [6, 6.07) is 4.11. The smallest absolute Gasteiger partial charge is 0.416 e. The molecule has 148 valence electrons. The maximum Gasteiger partial charge on any atom is 0.416 e. The summed E-state index contributed by atoms with van der Waals surface area (Å²) >= 11 is 0. The van der Waals surface area contributed by atoms with Gasteiger partial charge >= 0.3 is 12.1 Å². The number of benzene rings is 1. The molecule has 1 aromatic rings. The second-order valence-corrected chi connectivity index (χ2v) is 6.34. The average molecular weight is 386 g/mol. The van der Waals surface area contributed by atoms with E-state index in [0.717, 1.165) is 50.3 Å². The summed E-state index contributed by atoms with van der Waals surface area (Å²) in [5.41, 5.74) is -0.959. The maximum absolute atomic E-state index is 12.6. The number of carbonyl (C=O) groups is 3. The van der Waals surface area contributed by atoms with Crippen LogP contribution in [-0.4, -0.2) is 30.9 Å². The molecule has 27 heavy (non-hydrogen) atoms. The number of nitrogens with one attached hydrogen (secondary N) is 2. The van der Waals surface area contributed by atoms with Gasteiger partial charge in [0.15, 0.2) is 6.61 Å². The highest BCUT2D eigenvalue weighted by molar-refractivity contribution is 5.93. The lowest BCUT2D eigenvalue weighted by Gasteiger charge is -2.20. The van der Waals surface area contributed by atoms with E-state index >= 15 is 0 Å². The fourth-order valence-corrected chi connectivity index (χ4v) is 2.84. The van der Waals surface area contributed by atoms with E-state index < -0.39 is 30.2 Å². The zero-order valence-corrected chi connectivity index (χ0v) is 14.6. The minimum Gasteiger partial charge on any atom is -0.454 e. The number of esters is 1. The number of carbonyl (C=O) groups excluding carboxylic acids is 3. The van der Waals surface area contributed by atoms with E-state index in [2.05, 4.69) is 10.6 Å². The van der Waals surface area contributed by atoms with Gasteiger partial charge < -0.3 is 15.4 Å². The summed E-state index contributed by atoms with van der Waals surface area (Å²) in [6.45, 7) is -1.01. The first-order valence-electron chi connectivity index (χ1n) is 8.66. The molecule has 9 heteroatoms. The Hall–Kier alpha value is -2.58. The molecule has 1 aliphatic rings. The van der Waals surface area contributed by atoms with Crippen LogP contribution >= 0.6 is 0 Å². The van der Waals surface area contributed by atoms with E-state index in [1.807, 2.05) is 0 Å². The predicted octanol–water partition coefficient (Wildman–Crippen LogP) is 2.88. The quantitative estimate of drug-likeness (QED) is 0.737. The third kappa shape index (κ3) is 6.92. The Labute approximate surface area is 154 Å². The van der Waals surface area contributed by atoms with Gasteiger partial charge in [-0.1, -0.05) is 25.3 Å². The average Bonchev–Trinajstić information content (AvgIpc) is 2.64. The third-order valence-electron chi connectivity index (χ3n) is 4.22. The highest BCUT2D eigenvalue weighted by Gasteiger charge is 2.30. The summed E-state index contributed by atoms with van der Waals surface area (Å²) in [5, 5.41) is 4.70.